The second-order valence-corrected chi connectivity index (χ2v) is 5.65. The molecule has 0 saturated carbocycles. The third kappa shape index (κ3) is 2.42. The molecule has 6 heteroatoms. The molecule has 1 unspecified atom stereocenters. The summed E-state index contributed by atoms with van der Waals surface area (Å²) in [4.78, 5) is 3.12. The maximum atomic E-state index is 11.1. The molecule has 2 aromatic rings. The molecule has 0 aliphatic heterocycles. The van der Waals surface area contributed by atoms with Gasteiger partial charge in [-0.25, -0.2) is 0 Å². The van der Waals surface area contributed by atoms with E-state index in [1.165, 1.54) is 0 Å². The van der Waals surface area contributed by atoms with Crippen molar-refractivity contribution in [3.63, 3.8) is 0 Å². The van der Waals surface area contributed by atoms with Crippen LogP contribution in [-0.2, 0) is 17.3 Å². The summed E-state index contributed by atoms with van der Waals surface area (Å²) in [7, 11) is 0.808. The second kappa shape index (κ2) is 5.01. The molecule has 1 aromatic heterocycles. The van der Waals surface area contributed by atoms with Gasteiger partial charge in [-0.2, -0.15) is 0 Å². The van der Waals surface area contributed by atoms with Gasteiger partial charge in [-0.15, -0.1) is 0 Å². The number of imidazole rings is 1. The number of ether oxygens (including phenoxy) is 1. The zero-order valence-corrected chi connectivity index (χ0v) is 11.4. The largest absolute Gasteiger partial charge is 0.494 e. The highest BCUT2D eigenvalue weighted by atomic mass is 32.2. The lowest BCUT2D eigenvalue weighted by Gasteiger charge is -2.04. The fraction of sp³-hybridized carbons (Fsp3) is 0.364. The number of rotatable bonds is 4. The lowest BCUT2D eigenvalue weighted by molar-refractivity contribution is 0.419. The lowest BCUT2D eigenvalue weighted by atomic mass is 10.3. The number of hydrogen-bond donors (Lipinski definition) is 1. The summed E-state index contributed by atoms with van der Waals surface area (Å²) in [6.07, 6.45) is 1.69. The van der Waals surface area contributed by atoms with Crippen molar-refractivity contribution in [1.82, 2.24) is 9.55 Å². The third-order valence-electron chi connectivity index (χ3n) is 2.59. The van der Waals surface area contributed by atoms with Crippen molar-refractivity contribution in [1.29, 1.82) is 0 Å². The number of aryl methyl sites for hydroxylation is 1. The van der Waals surface area contributed by atoms with E-state index in [0.29, 0.717) is 17.1 Å². The number of aromatic amines is 1. The van der Waals surface area contributed by atoms with E-state index in [1.807, 2.05) is 22.8 Å². The summed E-state index contributed by atoms with van der Waals surface area (Å²) in [5.74, 6) is 1.36. The molecule has 1 heterocycles. The van der Waals surface area contributed by atoms with E-state index in [0.717, 1.165) is 16.8 Å². The topological polar surface area (TPSA) is 47.0 Å². The summed E-state index contributed by atoms with van der Waals surface area (Å²) in [6.45, 7) is 0.648. The first kappa shape index (κ1) is 12.3. The van der Waals surface area contributed by atoms with Gasteiger partial charge in [0.15, 0.2) is 4.77 Å². The van der Waals surface area contributed by atoms with Gasteiger partial charge in [0.25, 0.3) is 0 Å². The van der Waals surface area contributed by atoms with Crippen LogP contribution in [0.5, 0.6) is 5.75 Å². The smallest absolute Gasteiger partial charge is 0.178 e. The minimum absolute atomic E-state index is 0.596. The van der Waals surface area contributed by atoms with Crippen LogP contribution >= 0.6 is 12.2 Å². The Bertz CT molecular complexity index is 615. The normalized spacial score (nSPS) is 12.8. The van der Waals surface area contributed by atoms with Gasteiger partial charge in [0, 0.05) is 29.4 Å². The molecule has 0 aliphatic carbocycles. The zero-order chi connectivity index (χ0) is 12.4. The number of aromatic nitrogens is 2. The van der Waals surface area contributed by atoms with Crippen LogP contribution in [0.4, 0.5) is 0 Å². The molecule has 92 valence electrons. The summed E-state index contributed by atoms with van der Waals surface area (Å²) in [5.41, 5.74) is 1.88. The fourth-order valence-electron chi connectivity index (χ4n) is 1.77. The van der Waals surface area contributed by atoms with Gasteiger partial charge in [0.2, 0.25) is 0 Å². The summed E-state index contributed by atoms with van der Waals surface area (Å²) >= 11 is 5.27. The molecule has 17 heavy (non-hydrogen) atoms. The Morgan fingerprint density at radius 2 is 2.29 bits per heavy atom. The van der Waals surface area contributed by atoms with Crippen LogP contribution in [0.3, 0.4) is 0 Å². The number of hydrogen-bond acceptors (Lipinski definition) is 3. The first-order valence-electron chi connectivity index (χ1n) is 5.19. The van der Waals surface area contributed by atoms with Crippen molar-refractivity contribution in [2.75, 3.05) is 19.1 Å². The SMILES string of the molecule is COc1cccc2c1[nH]c(=S)n2CCS(C)=O. The number of nitrogens with one attached hydrogen (secondary N) is 1. The summed E-state index contributed by atoms with van der Waals surface area (Å²) in [6, 6.07) is 5.78. The Morgan fingerprint density at radius 1 is 1.53 bits per heavy atom. The highest BCUT2D eigenvalue weighted by molar-refractivity contribution is 7.84. The van der Waals surface area contributed by atoms with E-state index in [4.69, 9.17) is 17.0 Å². The van der Waals surface area contributed by atoms with Crippen molar-refractivity contribution in [3.05, 3.63) is 23.0 Å². The van der Waals surface area contributed by atoms with E-state index in [1.54, 1.807) is 13.4 Å². The summed E-state index contributed by atoms with van der Waals surface area (Å²) < 4.78 is 19.0. The Hall–Kier alpha value is -1.14. The van der Waals surface area contributed by atoms with E-state index >= 15 is 0 Å². The van der Waals surface area contributed by atoms with Gasteiger partial charge in [-0.05, 0) is 24.4 Å². The maximum Gasteiger partial charge on any atom is 0.178 e. The van der Waals surface area contributed by atoms with Crippen LogP contribution in [0, 0.1) is 4.77 Å². The van der Waals surface area contributed by atoms with Crippen LogP contribution < -0.4 is 4.74 Å². The van der Waals surface area contributed by atoms with Crippen molar-refractivity contribution in [3.8, 4) is 5.75 Å². The maximum absolute atomic E-state index is 11.1. The van der Waals surface area contributed by atoms with Gasteiger partial charge in [0.1, 0.15) is 11.3 Å². The molecule has 0 saturated heterocycles. The van der Waals surface area contributed by atoms with E-state index in [-0.39, 0.29) is 0 Å². The fourth-order valence-corrected chi connectivity index (χ4v) is 2.50. The van der Waals surface area contributed by atoms with Crippen LogP contribution in [0.25, 0.3) is 11.0 Å². The predicted octanol–water partition coefficient (Wildman–Crippen LogP) is 2.09. The van der Waals surface area contributed by atoms with Crippen LogP contribution in [0.15, 0.2) is 18.2 Å². The molecule has 4 nitrogen and oxygen atoms in total. The molecule has 1 atom stereocenters. The van der Waals surface area contributed by atoms with Gasteiger partial charge >= 0.3 is 0 Å². The molecule has 0 spiro atoms. The minimum atomic E-state index is -0.821. The number of methoxy groups -OCH3 is 1. The lowest BCUT2D eigenvalue weighted by Crippen LogP contribution is -2.06. The standard InChI is InChI=1S/C11H14N2O2S2/c1-15-9-5-3-4-8-10(9)12-11(16)13(8)6-7-17(2)14/h3-5H,6-7H2,1-2H3,(H,12,16). The first-order chi connectivity index (χ1) is 8.13. The molecule has 0 amide bonds. The zero-order valence-electron chi connectivity index (χ0n) is 9.73. The first-order valence-corrected chi connectivity index (χ1v) is 7.32. The molecule has 1 N–H and O–H groups in total. The van der Waals surface area contributed by atoms with Crippen LogP contribution in [0.2, 0.25) is 0 Å². The van der Waals surface area contributed by atoms with Crippen LogP contribution in [0.1, 0.15) is 0 Å². The van der Waals surface area contributed by atoms with Crippen molar-refractivity contribution < 1.29 is 8.95 Å². The third-order valence-corrected chi connectivity index (χ3v) is 3.67. The molecule has 1 aromatic carbocycles. The molecular formula is C11H14N2O2S2. The van der Waals surface area contributed by atoms with Crippen LogP contribution in [-0.4, -0.2) is 32.9 Å². The van der Waals surface area contributed by atoms with E-state index in [2.05, 4.69) is 4.98 Å². The van der Waals surface area contributed by atoms with Gasteiger partial charge in [0.05, 0.1) is 12.6 Å². The molecule has 0 radical (unpaired) electrons. The number of H-pyrrole nitrogens is 1. The molecule has 0 fully saturated rings. The van der Waals surface area contributed by atoms with Gasteiger partial charge < -0.3 is 14.3 Å². The quantitative estimate of drug-likeness (QED) is 0.865. The predicted molar refractivity (Wildman–Crippen MR) is 72.6 cm³/mol. The molecular weight excluding hydrogens is 256 g/mol. The molecule has 2 rings (SSSR count). The number of fused-ring (bicyclic) bond motifs is 1. The average Bonchev–Trinajstić information content (AvgIpc) is 2.62. The second-order valence-electron chi connectivity index (χ2n) is 3.71. The van der Waals surface area contributed by atoms with Gasteiger partial charge in [-0.1, -0.05) is 6.07 Å². The number of para-hydroxylation sites is 1. The minimum Gasteiger partial charge on any atom is -0.494 e. The number of nitrogens with zero attached hydrogens (tertiary/aromatic N) is 1. The molecule has 0 aliphatic rings. The van der Waals surface area contributed by atoms with Crippen molar-refractivity contribution >= 4 is 34.1 Å². The van der Waals surface area contributed by atoms with Crippen molar-refractivity contribution in [2.24, 2.45) is 0 Å². The highest BCUT2D eigenvalue weighted by Crippen LogP contribution is 2.24. The van der Waals surface area contributed by atoms with E-state index in [9.17, 15) is 4.21 Å². The Kier molecular flexibility index (Phi) is 3.63. The number of benzene rings is 1. The monoisotopic (exact) mass is 270 g/mol. The van der Waals surface area contributed by atoms with E-state index < -0.39 is 10.8 Å². The Morgan fingerprint density at radius 3 is 2.94 bits per heavy atom. The van der Waals surface area contributed by atoms with Gasteiger partial charge in [-0.3, -0.25) is 4.21 Å². The molecule has 0 bridgehead atoms. The Labute approximate surface area is 107 Å². The highest BCUT2D eigenvalue weighted by Gasteiger charge is 2.08. The Balaban J connectivity index is 2.52. The average molecular weight is 270 g/mol. The summed E-state index contributed by atoms with van der Waals surface area (Å²) in [5, 5.41) is 0. The van der Waals surface area contributed by atoms with Crippen molar-refractivity contribution in [2.45, 2.75) is 6.54 Å².